The predicted molar refractivity (Wildman–Crippen MR) is 80.7 cm³/mol. The molecule has 1 saturated carbocycles. The van der Waals surface area contributed by atoms with Crippen molar-refractivity contribution in [1.82, 2.24) is 0 Å². The normalized spacial score (nSPS) is 18.3. The SMILES string of the molecule is Cc1cc(NC(=O)C2(CN)CCCCCC2)ccc1O. The van der Waals surface area contributed by atoms with Gasteiger partial charge in [0, 0.05) is 12.2 Å². The number of carbonyl (C=O) groups is 1. The number of hydrogen-bond acceptors (Lipinski definition) is 3. The lowest BCUT2D eigenvalue weighted by molar-refractivity contribution is -0.125. The number of nitrogens with two attached hydrogens (primary N) is 1. The van der Waals surface area contributed by atoms with Gasteiger partial charge in [0.15, 0.2) is 0 Å². The first-order valence-electron chi connectivity index (χ1n) is 7.38. The third-order valence-electron chi connectivity index (χ3n) is 4.39. The molecular weight excluding hydrogens is 252 g/mol. The lowest BCUT2D eigenvalue weighted by Gasteiger charge is -2.29. The Bertz CT molecular complexity index is 477. The van der Waals surface area contributed by atoms with Gasteiger partial charge in [0.2, 0.25) is 5.91 Å². The fourth-order valence-electron chi connectivity index (χ4n) is 2.93. The monoisotopic (exact) mass is 276 g/mol. The number of rotatable bonds is 3. The van der Waals surface area contributed by atoms with E-state index in [2.05, 4.69) is 5.32 Å². The number of nitrogens with one attached hydrogen (secondary N) is 1. The van der Waals surface area contributed by atoms with Crippen molar-refractivity contribution < 1.29 is 9.90 Å². The second kappa shape index (κ2) is 6.27. The minimum atomic E-state index is -0.428. The summed E-state index contributed by atoms with van der Waals surface area (Å²) >= 11 is 0. The van der Waals surface area contributed by atoms with E-state index in [4.69, 9.17) is 5.73 Å². The molecule has 1 fully saturated rings. The summed E-state index contributed by atoms with van der Waals surface area (Å²) in [6.45, 7) is 2.21. The molecule has 1 aromatic carbocycles. The number of aryl methyl sites for hydroxylation is 1. The summed E-state index contributed by atoms with van der Waals surface area (Å²) in [5, 5.41) is 12.5. The van der Waals surface area contributed by atoms with E-state index in [1.807, 2.05) is 6.92 Å². The lowest BCUT2D eigenvalue weighted by Crippen LogP contribution is -2.42. The summed E-state index contributed by atoms with van der Waals surface area (Å²) < 4.78 is 0. The maximum absolute atomic E-state index is 12.6. The van der Waals surface area contributed by atoms with Crippen molar-refractivity contribution >= 4 is 11.6 Å². The van der Waals surface area contributed by atoms with Crippen LogP contribution in [0.1, 0.15) is 44.1 Å². The van der Waals surface area contributed by atoms with Gasteiger partial charge in [0.1, 0.15) is 5.75 Å². The van der Waals surface area contributed by atoms with E-state index in [9.17, 15) is 9.90 Å². The molecule has 0 spiro atoms. The van der Waals surface area contributed by atoms with Gasteiger partial charge in [0.05, 0.1) is 5.41 Å². The molecule has 1 aromatic rings. The second-order valence-electron chi connectivity index (χ2n) is 5.85. The number of amides is 1. The topological polar surface area (TPSA) is 75.4 Å². The van der Waals surface area contributed by atoms with Crippen LogP contribution in [-0.4, -0.2) is 17.6 Å². The van der Waals surface area contributed by atoms with E-state index in [-0.39, 0.29) is 11.7 Å². The first-order chi connectivity index (χ1) is 9.57. The van der Waals surface area contributed by atoms with Gasteiger partial charge in [-0.2, -0.15) is 0 Å². The van der Waals surface area contributed by atoms with Crippen LogP contribution in [0.2, 0.25) is 0 Å². The third-order valence-corrected chi connectivity index (χ3v) is 4.39. The molecule has 0 atom stereocenters. The fraction of sp³-hybridized carbons (Fsp3) is 0.562. The van der Waals surface area contributed by atoms with Crippen LogP contribution in [0, 0.1) is 12.3 Å². The second-order valence-corrected chi connectivity index (χ2v) is 5.85. The number of anilines is 1. The number of hydrogen-bond donors (Lipinski definition) is 3. The molecule has 110 valence electrons. The molecule has 0 unspecified atom stereocenters. The van der Waals surface area contributed by atoms with E-state index in [1.54, 1.807) is 18.2 Å². The van der Waals surface area contributed by atoms with Crippen molar-refractivity contribution in [3.05, 3.63) is 23.8 Å². The molecule has 0 radical (unpaired) electrons. The van der Waals surface area contributed by atoms with Crippen LogP contribution in [0.25, 0.3) is 0 Å². The van der Waals surface area contributed by atoms with Crippen molar-refractivity contribution in [2.24, 2.45) is 11.1 Å². The highest BCUT2D eigenvalue weighted by Crippen LogP contribution is 2.35. The first kappa shape index (κ1) is 14.9. The van der Waals surface area contributed by atoms with Gasteiger partial charge in [-0.15, -0.1) is 0 Å². The molecule has 1 aliphatic rings. The summed E-state index contributed by atoms with van der Waals surface area (Å²) in [6.07, 6.45) is 6.25. The third kappa shape index (κ3) is 3.12. The van der Waals surface area contributed by atoms with Gasteiger partial charge >= 0.3 is 0 Å². The van der Waals surface area contributed by atoms with Gasteiger partial charge < -0.3 is 16.2 Å². The predicted octanol–water partition coefficient (Wildman–Crippen LogP) is 2.94. The van der Waals surface area contributed by atoms with E-state index in [0.717, 1.165) is 36.9 Å². The minimum absolute atomic E-state index is 0.0204. The summed E-state index contributed by atoms with van der Waals surface area (Å²) in [5.74, 6) is 0.262. The van der Waals surface area contributed by atoms with Crippen LogP contribution in [0.5, 0.6) is 5.75 Å². The molecular formula is C16H24N2O2. The average molecular weight is 276 g/mol. The molecule has 2 rings (SSSR count). The minimum Gasteiger partial charge on any atom is -0.508 e. The molecule has 4 heteroatoms. The standard InChI is InChI=1S/C16H24N2O2/c1-12-10-13(6-7-14(12)19)18-15(20)16(11-17)8-4-2-3-5-9-16/h6-7,10,19H,2-5,8-9,11,17H2,1H3,(H,18,20). The average Bonchev–Trinajstić information content (AvgIpc) is 2.69. The summed E-state index contributed by atoms with van der Waals surface area (Å²) in [6, 6.07) is 5.11. The Balaban J connectivity index is 2.14. The highest BCUT2D eigenvalue weighted by atomic mass is 16.3. The summed E-state index contributed by atoms with van der Waals surface area (Å²) in [5.41, 5.74) is 6.97. The molecule has 20 heavy (non-hydrogen) atoms. The van der Waals surface area contributed by atoms with Gasteiger partial charge in [-0.1, -0.05) is 25.7 Å². The number of benzene rings is 1. The maximum Gasteiger partial charge on any atom is 0.231 e. The fourth-order valence-corrected chi connectivity index (χ4v) is 2.93. The Hall–Kier alpha value is -1.55. The molecule has 1 amide bonds. The zero-order valence-corrected chi connectivity index (χ0v) is 12.1. The van der Waals surface area contributed by atoms with Gasteiger partial charge in [-0.3, -0.25) is 4.79 Å². The maximum atomic E-state index is 12.6. The van der Waals surface area contributed by atoms with Crippen molar-refractivity contribution in [1.29, 1.82) is 0 Å². The largest absolute Gasteiger partial charge is 0.508 e. The number of carbonyl (C=O) groups excluding carboxylic acids is 1. The molecule has 1 aliphatic carbocycles. The van der Waals surface area contributed by atoms with Gasteiger partial charge in [-0.25, -0.2) is 0 Å². The van der Waals surface area contributed by atoms with Crippen LogP contribution in [0.3, 0.4) is 0 Å². The zero-order chi connectivity index (χ0) is 14.6. The summed E-state index contributed by atoms with van der Waals surface area (Å²) in [7, 11) is 0. The van der Waals surface area contributed by atoms with E-state index < -0.39 is 5.41 Å². The highest BCUT2D eigenvalue weighted by Gasteiger charge is 2.37. The quantitative estimate of drug-likeness (QED) is 0.587. The Labute approximate surface area is 120 Å². The Morgan fingerprint density at radius 2 is 1.95 bits per heavy atom. The number of phenolic OH excluding ortho intramolecular Hbond substituents is 1. The molecule has 4 nitrogen and oxygen atoms in total. The van der Waals surface area contributed by atoms with E-state index in [0.29, 0.717) is 6.54 Å². The lowest BCUT2D eigenvalue weighted by atomic mass is 9.79. The Morgan fingerprint density at radius 3 is 2.50 bits per heavy atom. The van der Waals surface area contributed by atoms with Gasteiger partial charge in [0.25, 0.3) is 0 Å². The van der Waals surface area contributed by atoms with Crippen LogP contribution in [0.4, 0.5) is 5.69 Å². The van der Waals surface area contributed by atoms with Gasteiger partial charge in [-0.05, 0) is 43.5 Å². The molecule has 0 bridgehead atoms. The molecule has 0 aliphatic heterocycles. The van der Waals surface area contributed by atoms with Crippen LogP contribution < -0.4 is 11.1 Å². The van der Waals surface area contributed by atoms with E-state index in [1.165, 1.54) is 12.8 Å². The van der Waals surface area contributed by atoms with Crippen LogP contribution >= 0.6 is 0 Å². The molecule has 0 aromatic heterocycles. The van der Waals surface area contributed by atoms with E-state index >= 15 is 0 Å². The Morgan fingerprint density at radius 1 is 1.30 bits per heavy atom. The summed E-state index contributed by atoms with van der Waals surface area (Å²) in [4.78, 5) is 12.6. The smallest absolute Gasteiger partial charge is 0.231 e. The number of phenols is 1. The van der Waals surface area contributed by atoms with Crippen LogP contribution in [-0.2, 0) is 4.79 Å². The van der Waals surface area contributed by atoms with Crippen molar-refractivity contribution in [2.45, 2.75) is 45.4 Å². The Kier molecular flexibility index (Phi) is 4.65. The molecule has 4 N–H and O–H groups in total. The zero-order valence-electron chi connectivity index (χ0n) is 12.1. The van der Waals surface area contributed by atoms with Crippen molar-refractivity contribution in [3.8, 4) is 5.75 Å². The first-order valence-corrected chi connectivity index (χ1v) is 7.38. The molecule has 0 saturated heterocycles. The van der Waals surface area contributed by atoms with Crippen molar-refractivity contribution in [2.75, 3.05) is 11.9 Å². The molecule has 0 heterocycles. The van der Waals surface area contributed by atoms with Crippen LogP contribution in [0.15, 0.2) is 18.2 Å². The highest BCUT2D eigenvalue weighted by molar-refractivity contribution is 5.95. The number of aromatic hydroxyl groups is 1. The van der Waals surface area contributed by atoms with Crippen molar-refractivity contribution in [3.63, 3.8) is 0 Å².